The van der Waals surface area contributed by atoms with E-state index in [1.807, 2.05) is 0 Å². The number of benzene rings is 2. The van der Waals surface area contributed by atoms with Crippen LogP contribution in [0.5, 0.6) is 0 Å². The van der Waals surface area contributed by atoms with Gasteiger partial charge in [-0.3, -0.25) is 4.79 Å². The van der Waals surface area contributed by atoms with E-state index in [2.05, 4.69) is 15.6 Å². The Bertz CT molecular complexity index is 1020. The molecule has 0 fully saturated rings. The van der Waals surface area contributed by atoms with Crippen molar-refractivity contribution in [2.45, 2.75) is 19.3 Å². The molecule has 0 aliphatic heterocycles. The monoisotopic (exact) mass is 414 g/mol. The highest BCUT2D eigenvalue weighted by molar-refractivity contribution is 5.89. The third kappa shape index (κ3) is 4.73. The van der Waals surface area contributed by atoms with Crippen LogP contribution < -0.4 is 5.32 Å². The average molecular weight is 414 g/mol. The summed E-state index contributed by atoms with van der Waals surface area (Å²) in [6.45, 7) is 1.31. The normalized spacial score (nSPS) is 12.1. The zero-order chi connectivity index (χ0) is 21.4. The lowest BCUT2D eigenvalue weighted by molar-refractivity contribution is -0.143. The number of aromatic nitrogens is 3. The third-order valence-electron chi connectivity index (χ3n) is 3.81. The second kappa shape index (κ2) is 7.22. The molecule has 0 aliphatic carbocycles. The molecule has 1 heterocycles. The molecule has 5 nitrogen and oxygen atoms in total. The van der Waals surface area contributed by atoms with Crippen molar-refractivity contribution in [1.82, 2.24) is 15.0 Å². The molecule has 1 aromatic heterocycles. The van der Waals surface area contributed by atoms with Crippen molar-refractivity contribution in [3.05, 3.63) is 59.8 Å². The number of nitrogens with one attached hydrogen (secondary N) is 1. The first-order valence-electron chi connectivity index (χ1n) is 8.04. The Morgan fingerprint density at radius 3 is 2.14 bits per heavy atom. The van der Waals surface area contributed by atoms with E-state index in [-0.39, 0.29) is 17.7 Å². The molecule has 0 saturated heterocycles. The molecule has 0 bridgehead atoms. The summed E-state index contributed by atoms with van der Waals surface area (Å²) in [7, 11) is 0. The minimum absolute atomic E-state index is 0.0399. The van der Waals surface area contributed by atoms with Gasteiger partial charge in [0.05, 0.1) is 23.0 Å². The van der Waals surface area contributed by atoms with Crippen LogP contribution in [0.1, 0.15) is 18.1 Å². The van der Waals surface area contributed by atoms with Gasteiger partial charge in [0.2, 0.25) is 5.91 Å². The number of amides is 1. The van der Waals surface area contributed by atoms with E-state index in [1.165, 1.54) is 13.1 Å². The van der Waals surface area contributed by atoms with Crippen LogP contribution in [0.4, 0.5) is 32.0 Å². The van der Waals surface area contributed by atoms with E-state index in [0.29, 0.717) is 23.4 Å². The van der Waals surface area contributed by atoms with Gasteiger partial charge in [-0.2, -0.15) is 26.3 Å². The molecule has 0 atom stereocenters. The van der Waals surface area contributed by atoms with Crippen molar-refractivity contribution in [1.29, 1.82) is 0 Å². The second-order valence-electron chi connectivity index (χ2n) is 6.07. The molecule has 0 unspecified atom stereocenters. The number of halogens is 6. The van der Waals surface area contributed by atoms with Gasteiger partial charge in [0.15, 0.2) is 0 Å². The number of rotatable bonds is 3. The molecule has 11 heteroatoms. The molecule has 29 heavy (non-hydrogen) atoms. The number of carbonyl (C=O) groups excluding carboxylic acids is 1. The standard InChI is InChI=1S/C18H12F6N4O/c1-10(29)25-14-4-2-3-11(5-14)16-9-28(27-26-16)15-7-12(17(19,20)21)6-13(8-15)18(22,23)24/h2-9H,1H3,(H,25,29). The highest BCUT2D eigenvalue weighted by Crippen LogP contribution is 2.37. The van der Waals surface area contributed by atoms with Crippen LogP contribution >= 0.6 is 0 Å². The van der Waals surface area contributed by atoms with Crippen molar-refractivity contribution >= 4 is 11.6 Å². The summed E-state index contributed by atoms with van der Waals surface area (Å²) in [5.41, 5.74) is -2.24. The second-order valence-corrected chi connectivity index (χ2v) is 6.07. The van der Waals surface area contributed by atoms with Gasteiger partial charge >= 0.3 is 12.4 Å². The first-order valence-corrected chi connectivity index (χ1v) is 8.04. The van der Waals surface area contributed by atoms with Gasteiger partial charge in [-0.25, -0.2) is 4.68 Å². The Labute approximate surface area is 160 Å². The Morgan fingerprint density at radius 1 is 0.966 bits per heavy atom. The fraction of sp³-hybridized carbons (Fsp3) is 0.167. The Balaban J connectivity index is 2.03. The molecule has 1 N–H and O–H groups in total. The van der Waals surface area contributed by atoms with Crippen LogP contribution in [0, 0.1) is 0 Å². The van der Waals surface area contributed by atoms with Crippen LogP contribution in [0.3, 0.4) is 0 Å². The maximum atomic E-state index is 13.0. The lowest BCUT2D eigenvalue weighted by Gasteiger charge is -2.13. The molecular weight excluding hydrogens is 402 g/mol. The predicted molar refractivity (Wildman–Crippen MR) is 91.1 cm³/mol. The summed E-state index contributed by atoms with van der Waals surface area (Å²) < 4.78 is 79.0. The van der Waals surface area contributed by atoms with E-state index >= 15 is 0 Å². The average Bonchev–Trinajstić information content (AvgIpc) is 3.10. The van der Waals surface area contributed by atoms with Crippen LogP contribution in [0.15, 0.2) is 48.7 Å². The maximum Gasteiger partial charge on any atom is 0.416 e. The van der Waals surface area contributed by atoms with E-state index in [9.17, 15) is 31.1 Å². The van der Waals surface area contributed by atoms with Crippen molar-refractivity contribution in [3.63, 3.8) is 0 Å². The van der Waals surface area contributed by atoms with Crippen LogP contribution in [-0.4, -0.2) is 20.9 Å². The van der Waals surface area contributed by atoms with Gasteiger partial charge in [-0.1, -0.05) is 17.3 Å². The minimum atomic E-state index is -4.97. The molecule has 152 valence electrons. The van der Waals surface area contributed by atoms with Gasteiger partial charge in [0.1, 0.15) is 5.69 Å². The smallest absolute Gasteiger partial charge is 0.326 e. The summed E-state index contributed by atoms with van der Waals surface area (Å²) in [5, 5.41) is 10.0. The molecule has 0 radical (unpaired) electrons. The fourth-order valence-electron chi connectivity index (χ4n) is 2.55. The molecule has 0 aliphatic rings. The topological polar surface area (TPSA) is 59.8 Å². The Hall–Kier alpha value is -3.37. The number of carbonyl (C=O) groups is 1. The molecular formula is C18H12F6N4O. The first-order chi connectivity index (χ1) is 13.4. The summed E-state index contributed by atoms with van der Waals surface area (Å²) in [4.78, 5) is 11.1. The summed E-state index contributed by atoms with van der Waals surface area (Å²) in [6.07, 6.45) is -8.74. The van der Waals surface area contributed by atoms with Crippen molar-refractivity contribution in [3.8, 4) is 16.9 Å². The van der Waals surface area contributed by atoms with Gasteiger partial charge in [0, 0.05) is 18.2 Å². The highest BCUT2D eigenvalue weighted by Gasteiger charge is 2.37. The lowest BCUT2D eigenvalue weighted by atomic mass is 10.1. The quantitative estimate of drug-likeness (QED) is 0.619. The first kappa shape index (κ1) is 20.4. The zero-order valence-corrected chi connectivity index (χ0v) is 14.6. The minimum Gasteiger partial charge on any atom is -0.326 e. The summed E-state index contributed by atoms with van der Waals surface area (Å²) >= 11 is 0. The van der Waals surface area contributed by atoms with Gasteiger partial charge in [-0.15, -0.1) is 5.10 Å². The van der Waals surface area contributed by atoms with Crippen molar-refractivity contribution in [2.75, 3.05) is 5.32 Å². The molecule has 3 aromatic rings. The van der Waals surface area contributed by atoms with E-state index in [4.69, 9.17) is 0 Å². The summed E-state index contributed by atoms with van der Waals surface area (Å²) in [5.74, 6) is -0.311. The number of hydrogen-bond acceptors (Lipinski definition) is 3. The van der Waals surface area contributed by atoms with Gasteiger partial charge in [-0.05, 0) is 30.3 Å². The van der Waals surface area contributed by atoms with Crippen LogP contribution in [-0.2, 0) is 17.1 Å². The molecule has 3 rings (SSSR count). The largest absolute Gasteiger partial charge is 0.416 e. The fourth-order valence-corrected chi connectivity index (χ4v) is 2.55. The van der Waals surface area contributed by atoms with E-state index in [0.717, 1.165) is 4.68 Å². The Morgan fingerprint density at radius 2 is 1.59 bits per heavy atom. The number of alkyl halides is 6. The van der Waals surface area contributed by atoms with Gasteiger partial charge in [0.25, 0.3) is 0 Å². The predicted octanol–water partition coefficient (Wildman–Crippen LogP) is 4.93. The van der Waals surface area contributed by atoms with Crippen LogP contribution in [0.25, 0.3) is 16.9 Å². The molecule has 0 saturated carbocycles. The number of hydrogen-bond donors (Lipinski definition) is 1. The van der Waals surface area contributed by atoms with Gasteiger partial charge < -0.3 is 5.32 Å². The lowest BCUT2D eigenvalue weighted by Crippen LogP contribution is -2.12. The summed E-state index contributed by atoms with van der Waals surface area (Å²) in [6, 6.07) is 7.51. The number of nitrogens with zero attached hydrogens (tertiary/aromatic N) is 3. The van der Waals surface area contributed by atoms with Crippen molar-refractivity contribution in [2.24, 2.45) is 0 Å². The third-order valence-corrected chi connectivity index (χ3v) is 3.81. The maximum absolute atomic E-state index is 13.0. The zero-order valence-electron chi connectivity index (χ0n) is 14.6. The highest BCUT2D eigenvalue weighted by atomic mass is 19.4. The Kier molecular flexibility index (Phi) is 5.07. The number of anilines is 1. The van der Waals surface area contributed by atoms with E-state index < -0.39 is 29.2 Å². The SMILES string of the molecule is CC(=O)Nc1cccc(-c2cn(-c3cc(C(F)(F)F)cc(C(F)(F)F)c3)nn2)c1. The van der Waals surface area contributed by atoms with Crippen LogP contribution in [0.2, 0.25) is 0 Å². The van der Waals surface area contributed by atoms with E-state index in [1.54, 1.807) is 24.3 Å². The van der Waals surface area contributed by atoms with Crippen molar-refractivity contribution < 1.29 is 31.1 Å². The molecule has 2 aromatic carbocycles. The molecule has 0 spiro atoms. The molecule has 1 amide bonds.